The average Bonchev–Trinajstić information content (AvgIpc) is 3.26. The van der Waals surface area contributed by atoms with E-state index in [1.807, 2.05) is 4.90 Å². The lowest BCUT2D eigenvalue weighted by atomic mass is 10.3. The molecular weight excluding hydrogens is 346 g/mol. The molecule has 8 heteroatoms. The predicted molar refractivity (Wildman–Crippen MR) is 104 cm³/mol. The monoisotopic (exact) mass is 377 g/mol. The third-order valence-electron chi connectivity index (χ3n) is 4.93. The maximum Gasteiger partial charge on any atom is 0.289 e. The largest absolute Gasteiger partial charge is 0.459 e. The van der Waals surface area contributed by atoms with Crippen molar-refractivity contribution in [2.75, 3.05) is 72.1 Å². The number of hydrogen-bond donors (Lipinski definition) is 1. The second-order valence-electron chi connectivity index (χ2n) is 6.80. The van der Waals surface area contributed by atoms with Crippen LogP contribution < -0.4 is 5.32 Å². The van der Waals surface area contributed by atoms with Crippen molar-refractivity contribution in [2.24, 2.45) is 4.99 Å². The van der Waals surface area contributed by atoms with Crippen molar-refractivity contribution in [1.82, 2.24) is 20.0 Å². The molecule has 1 aromatic heterocycles. The van der Waals surface area contributed by atoms with Gasteiger partial charge in [0, 0.05) is 58.9 Å². The molecule has 150 valence electrons. The van der Waals surface area contributed by atoms with Crippen LogP contribution in [0.4, 0.5) is 0 Å². The van der Waals surface area contributed by atoms with Crippen LogP contribution in [0.15, 0.2) is 27.8 Å². The summed E-state index contributed by atoms with van der Waals surface area (Å²) in [4.78, 5) is 23.7. The fourth-order valence-corrected chi connectivity index (χ4v) is 3.41. The number of carbonyl (C=O) groups is 1. The van der Waals surface area contributed by atoms with Crippen LogP contribution in [0.2, 0.25) is 0 Å². The van der Waals surface area contributed by atoms with Gasteiger partial charge in [0.1, 0.15) is 0 Å². The molecule has 3 heterocycles. The maximum absolute atomic E-state index is 12.4. The molecule has 8 nitrogen and oxygen atoms in total. The number of nitrogens with zero attached hydrogens (tertiary/aromatic N) is 4. The number of ether oxygens (including phenoxy) is 1. The third-order valence-corrected chi connectivity index (χ3v) is 4.93. The highest BCUT2D eigenvalue weighted by Crippen LogP contribution is 2.09. The van der Waals surface area contributed by atoms with Crippen molar-refractivity contribution in [1.29, 1.82) is 0 Å². The van der Waals surface area contributed by atoms with Gasteiger partial charge in [0.25, 0.3) is 5.91 Å². The number of nitrogens with one attached hydrogen (secondary N) is 1. The molecule has 0 unspecified atom stereocenters. The first-order chi connectivity index (χ1) is 13.3. The number of furan rings is 1. The molecule has 2 aliphatic heterocycles. The fourth-order valence-electron chi connectivity index (χ4n) is 3.41. The zero-order chi connectivity index (χ0) is 18.9. The van der Waals surface area contributed by atoms with E-state index in [4.69, 9.17) is 14.1 Å². The Morgan fingerprint density at radius 2 is 1.89 bits per heavy atom. The summed E-state index contributed by atoms with van der Waals surface area (Å²) < 4.78 is 10.6. The summed E-state index contributed by atoms with van der Waals surface area (Å²) in [5, 5.41) is 3.38. The minimum atomic E-state index is -0.0351. The van der Waals surface area contributed by atoms with Gasteiger partial charge in [0.05, 0.1) is 19.5 Å². The predicted octanol–water partition coefficient (Wildman–Crippen LogP) is 0.725. The van der Waals surface area contributed by atoms with Crippen LogP contribution in [-0.4, -0.2) is 98.7 Å². The van der Waals surface area contributed by atoms with Gasteiger partial charge >= 0.3 is 0 Å². The number of rotatable bonds is 6. The summed E-state index contributed by atoms with van der Waals surface area (Å²) in [7, 11) is 0. The molecule has 2 aliphatic rings. The molecule has 1 amide bonds. The Morgan fingerprint density at radius 3 is 2.56 bits per heavy atom. The minimum Gasteiger partial charge on any atom is -0.459 e. The standard InChI is InChI=1S/C19H31N5O3/c1-2-20-19(21-6-4-7-22-12-15-26-16-13-22)24-10-8-23(9-11-24)18(25)17-5-3-14-27-17/h3,5,14H,2,4,6-13,15-16H2,1H3,(H,20,21). The summed E-state index contributed by atoms with van der Waals surface area (Å²) in [6, 6.07) is 3.46. The van der Waals surface area contributed by atoms with E-state index in [9.17, 15) is 4.79 Å². The highest BCUT2D eigenvalue weighted by molar-refractivity contribution is 5.91. The first-order valence-electron chi connectivity index (χ1n) is 9.94. The van der Waals surface area contributed by atoms with Gasteiger partial charge in [0.2, 0.25) is 0 Å². The van der Waals surface area contributed by atoms with Crippen LogP contribution in [0.25, 0.3) is 0 Å². The molecule has 0 saturated carbocycles. The molecular formula is C19H31N5O3. The van der Waals surface area contributed by atoms with E-state index >= 15 is 0 Å². The lowest BCUT2D eigenvalue weighted by Gasteiger charge is -2.36. The fraction of sp³-hybridized carbons (Fsp3) is 0.684. The summed E-state index contributed by atoms with van der Waals surface area (Å²) in [6.07, 6.45) is 2.59. The molecule has 2 saturated heterocycles. The highest BCUT2D eigenvalue weighted by Gasteiger charge is 2.25. The van der Waals surface area contributed by atoms with E-state index in [0.29, 0.717) is 18.8 Å². The van der Waals surface area contributed by atoms with Gasteiger partial charge in [-0.3, -0.25) is 14.7 Å². The Kier molecular flexibility index (Phi) is 7.53. The zero-order valence-electron chi connectivity index (χ0n) is 16.2. The molecule has 0 spiro atoms. The molecule has 1 N–H and O–H groups in total. The maximum atomic E-state index is 12.4. The number of carbonyl (C=O) groups excluding carboxylic acids is 1. The normalized spacial score (nSPS) is 19.4. The van der Waals surface area contributed by atoms with Gasteiger partial charge in [-0.2, -0.15) is 0 Å². The third kappa shape index (κ3) is 5.71. The van der Waals surface area contributed by atoms with E-state index in [0.717, 1.165) is 71.4 Å². The number of amides is 1. The zero-order valence-corrected chi connectivity index (χ0v) is 16.2. The van der Waals surface area contributed by atoms with E-state index in [-0.39, 0.29) is 5.91 Å². The second-order valence-corrected chi connectivity index (χ2v) is 6.80. The first-order valence-corrected chi connectivity index (χ1v) is 9.94. The topological polar surface area (TPSA) is 73.6 Å². The van der Waals surface area contributed by atoms with Crippen LogP contribution >= 0.6 is 0 Å². The minimum absolute atomic E-state index is 0.0351. The number of aliphatic imine (C=N–C) groups is 1. The Labute approximate surface area is 161 Å². The summed E-state index contributed by atoms with van der Waals surface area (Å²) in [5.41, 5.74) is 0. The van der Waals surface area contributed by atoms with Gasteiger partial charge in [-0.05, 0) is 25.5 Å². The summed E-state index contributed by atoms with van der Waals surface area (Å²) in [6.45, 7) is 11.4. The van der Waals surface area contributed by atoms with Gasteiger partial charge in [-0.1, -0.05) is 0 Å². The van der Waals surface area contributed by atoms with Crippen LogP contribution in [-0.2, 0) is 4.74 Å². The molecule has 0 bridgehead atoms. The van der Waals surface area contributed by atoms with Crippen LogP contribution in [0.1, 0.15) is 23.9 Å². The first kappa shape index (κ1) is 19.7. The molecule has 0 aliphatic carbocycles. The average molecular weight is 377 g/mol. The van der Waals surface area contributed by atoms with Gasteiger partial charge in [0.15, 0.2) is 11.7 Å². The lowest BCUT2D eigenvalue weighted by Crippen LogP contribution is -2.53. The molecule has 0 atom stereocenters. The van der Waals surface area contributed by atoms with Crippen molar-refractivity contribution in [2.45, 2.75) is 13.3 Å². The van der Waals surface area contributed by atoms with Crippen LogP contribution in [0.3, 0.4) is 0 Å². The summed E-state index contributed by atoms with van der Waals surface area (Å²) in [5.74, 6) is 1.32. The molecule has 2 fully saturated rings. The molecule has 0 aromatic carbocycles. The van der Waals surface area contributed by atoms with Crippen molar-refractivity contribution < 1.29 is 13.9 Å². The number of morpholine rings is 1. The highest BCUT2D eigenvalue weighted by atomic mass is 16.5. The Bertz CT molecular complexity index is 590. The van der Waals surface area contributed by atoms with Crippen LogP contribution in [0, 0.1) is 0 Å². The number of hydrogen-bond acceptors (Lipinski definition) is 5. The Morgan fingerprint density at radius 1 is 1.15 bits per heavy atom. The van der Waals surface area contributed by atoms with E-state index in [2.05, 4.69) is 22.0 Å². The van der Waals surface area contributed by atoms with E-state index < -0.39 is 0 Å². The van der Waals surface area contributed by atoms with Gasteiger partial charge in [-0.25, -0.2) is 0 Å². The lowest BCUT2D eigenvalue weighted by molar-refractivity contribution is 0.0377. The Balaban J connectivity index is 1.44. The van der Waals surface area contributed by atoms with Crippen molar-refractivity contribution in [3.8, 4) is 0 Å². The Hall–Kier alpha value is -2.06. The van der Waals surface area contributed by atoms with Crippen molar-refractivity contribution in [3.05, 3.63) is 24.2 Å². The van der Waals surface area contributed by atoms with E-state index in [1.54, 1.807) is 12.1 Å². The summed E-state index contributed by atoms with van der Waals surface area (Å²) >= 11 is 0. The van der Waals surface area contributed by atoms with Crippen LogP contribution in [0.5, 0.6) is 0 Å². The van der Waals surface area contributed by atoms with Gasteiger partial charge < -0.3 is 24.3 Å². The van der Waals surface area contributed by atoms with Crippen molar-refractivity contribution in [3.63, 3.8) is 0 Å². The molecule has 0 radical (unpaired) electrons. The smallest absolute Gasteiger partial charge is 0.289 e. The quantitative estimate of drug-likeness (QED) is 0.448. The number of guanidine groups is 1. The molecule has 27 heavy (non-hydrogen) atoms. The molecule has 1 aromatic rings. The van der Waals surface area contributed by atoms with Crippen molar-refractivity contribution >= 4 is 11.9 Å². The van der Waals surface area contributed by atoms with Gasteiger partial charge in [-0.15, -0.1) is 0 Å². The molecule has 3 rings (SSSR count). The SMILES string of the molecule is CCNC(=NCCCN1CCOCC1)N1CCN(C(=O)c2ccco2)CC1. The number of piperazine rings is 1. The second kappa shape index (κ2) is 10.3. The van der Waals surface area contributed by atoms with E-state index in [1.165, 1.54) is 6.26 Å².